The zero-order valence-corrected chi connectivity index (χ0v) is 16.2. The molecule has 0 spiro atoms. The van der Waals surface area contributed by atoms with Gasteiger partial charge in [0.1, 0.15) is 0 Å². The summed E-state index contributed by atoms with van der Waals surface area (Å²) in [6.07, 6.45) is 10.7. The highest BCUT2D eigenvalue weighted by Crippen LogP contribution is 2.41. The molecule has 144 valence electrons. The van der Waals surface area contributed by atoms with Crippen LogP contribution in [0.2, 0.25) is 0 Å². The molecule has 26 heavy (non-hydrogen) atoms. The molecule has 3 N–H and O–H groups in total. The summed E-state index contributed by atoms with van der Waals surface area (Å²) in [4.78, 5) is 15.4. The quantitative estimate of drug-likeness (QED) is 0.789. The van der Waals surface area contributed by atoms with Gasteiger partial charge in [0, 0.05) is 17.7 Å². The second-order valence-corrected chi connectivity index (χ2v) is 8.90. The first-order chi connectivity index (χ1) is 12.4. The Hall–Kier alpha value is -1.78. The van der Waals surface area contributed by atoms with Crippen molar-refractivity contribution in [3.8, 4) is 0 Å². The largest absolute Gasteiger partial charge is 0.449 e. The van der Waals surface area contributed by atoms with Crippen LogP contribution in [-0.2, 0) is 4.74 Å². The maximum atomic E-state index is 10.7. The van der Waals surface area contributed by atoms with Crippen molar-refractivity contribution >= 4 is 11.8 Å². The SMILES string of the molecule is CC1(C)CCC(c2ccc(NC3CCC(COC(N)=O)CC3)cn2)CC1. The fourth-order valence-corrected chi connectivity index (χ4v) is 4.34. The summed E-state index contributed by atoms with van der Waals surface area (Å²) in [6.45, 7) is 5.20. The summed E-state index contributed by atoms with van der Waals surface area (Å²) in [5.41, 5.74) is 7.90. The van der Waals surface area contributed by atoms with E-state index in [0.29, 0.717) is 29.9 Å². The van der Waals surface area contributed by atoms with E-state index in [-0.39, 0.29) is 0 Å². The molecule has 1 aromatic heterocycles. The van der Waals surface area contributed by atoms with E-state index >= 15 is 0 Å². The molecule has 1 aromatic rings. The molecular weight excluding hydrogens is 326 g/mol. The van der Waals surface area contributed by atoms with Gasteiger partial charge in [0.2, 0.25) is 0 Å². The number of carbonyl (C=O) groups excluding carboxylic acids is 1. The van der Waals surface area contributed by atoms with Crippen LogP contribution in [0.1, 0.15) is 76.8 Å². The Labute approximate surface area is 157 Å². The Morgan fingerprint density at radius 2 is 1.88 bits per heavy atom. The fraction of sp³-hybridized carbons (Fsp3) is 0.714. The third-order valence-corrected chi connectivity index (χ3v) is 6.22. The lowest BCUT2D eigenvalue weighted by Crippen LogP contribution is -2.29. The molecule has 0 saturated heterocycles. The Morgan fingerprint density at radius 1 is 1.19 bits per heavy atom. The average molecular weight is 360 g/mol. The number of nitrogens with one attached hydrogen (secondary N) is 1. The minimum atomic E-state index is -0.669. The molecular formula is C21H33N3O2. The number of carbonyl (C=O) groups is 1. The van der Waals surface area contributed by atoms with E-state index in [2.05, 4.69) is 31.3 Å². The lowest BCUT2D eigenvalue weighted by molar-refractivity contribution is 0.123. The summed E-state index contributed by atoms with van der Waals surface area (Å²) in [6, 6.07) is 4.87. The van der Waals surface area contributed by atoms with Gasteiger partial charge in [0.15, 0.2) is 0 Å². The van der Waals surface area contributed by atoms with Gasteiger partial charge >= 0.3 is 6.09 Å². The second kappa shape index (κ2) is 8.28. The van der Waals surface area contributed by atoms with Gasteiger partial charge in [-0.2, -0.15) is 0 Å². The molecule has 2 saturated carbocycles. The fourth-order valence-electron chi connectivity index (χ4n) is 4.34. The number of nitrogens with two attached hydrogens (primary N) is 1. The van der Waals surface area contributed by atoms with Crippen molar-refractivity contribution in [3.05, 3.63) is 24.0 Å². The number of rotatable bonds is 5. The van der Waals surface area contributed by atoms with Crippen molar-refractivity contribution in [2.75, 3.05) is 11.9 Å². The van der Waals surface area contributed by atoms with Gasteiger partial charge in [-0.1, -0.05) is 13.8 Å². The van der Waals surface area contributed by atoms with Crippen LogP contribution in [-0.4, -0.2) is 23.7 Å². The molecule has 0 bridgehead atoms. The van der Waals surface area contributed by atoms with E-state index < -0.39 is 6.09 Å². The number of pyridine rings is 1. The van der Waals surface area contributed by atoms with E-state index in [4.69, 9.17) is 15.5 Å². The molecule has 0 unspecified atom stereocenters. The van der Waals surface area contributed by atoms with Crippen LogP contribution < -0.4 is 11.1 Å². The molecule has 0 aromatic carbocycles. The van der Waals surface area contributed by atoms with Crippen LogP contribution in [0.3, 0.4) is 0 Å². The zero-order chi connectivity index (χ0) is 18.6. The van der Waals surface area contributed by atoms with Crippen molar-refractivity contribution in [3.63, 3.8) is 0 Å². The van der Waals surface area contributed by atoms with Gasteiger partial charge in [-0.15, -0.1) is 0 Å². The van der Waals surface area contributed by atoms with Crippen molar-refractivity contribution in [1.29, 1.82) is 0 Å². The third-order valence-electron chi connectivity index (χ3n) is 6.22. The van der Waals surface area contributed by atoms with Crippen molar-refractivity contribution in [2.24, 2.45) is 17.1 Å². The first-order valence-corrected chi connectivity index (χ1v) is 10.1. The Morgan fingerprint density at radius 3 is 2.46 bits per heavy atom. The highest BCUT2D eigenvalue weighted by Gasteiger charge is 2.28. The number of ether oxygens (including phenoxy) is 1. The number of anilines is 1. The molecule has 2 aliphatic carbocycles. The van der Waals surface area contributed by atoms with Gasteiger partial charge in [-0.25, -0.2) is 4.79 Å². The van der Waals surface area contributed by atoms with Gasteiger partial charge in [0.25, 0.3) is 0 Å². The lowest BCUT2D eigenvalue weighted by atomic mass is 9.72. The highest BCUT2D eigenvalue weighted by atomic mass is 16.5. The van der Waals surface area contributed by atoms with Crippen LogP contribution >= 0.6 is 0 Å². The van der Waals surface area contributed by atoms with Gasteiger partial charge in [-0.3, -0.25) is 4.98 Å². The smallest absolute Gasteiger partial charge is 0.404 e. The van der Waals surface area contributed by atoms with E-state index in [1.165, 1.54) is 31.4 Å². The van der Waals surface area contributed by atoms with Crippen molar-refractivity contribution in [1.82, 2.24) is 4.98 Å². The number of aromatic nitrogens is 1. The predicted octanol–water partition coefficient (Wildman–Crippen LogP) is 4.83. The first kappa shape index (κ1) is 19.0. The maximum absolute atomic E-state index is 10.7. The first-order valence-electron chi connectivity index (χ1n) is 10.1. The number of nitrogens with zero attached hydrogens (tertiary/aromatic N) is 1. The molecule has 2 aliphatic rings. The molecule has 2 fully saturated rings. The standard InChI is InChI=1S/C21H33N3O2/c1-21(2)11-9-16(10-12-21)19-8-7-18(13-23-19)24-17-5-3-15(4-6-17)14-26-20(22)25/h7-8,13,15-17,24H,3-6,9-12,14H2,1-2H3,(H2,22,25). The van der Waals surface area contributed by atoms with Crippen molar-refractivity contribution < 1.29 is 9.53 Å². The van der Waals surface area contributed by atoms with Gasteiger partial charge in [0.05, 0.1) is 18.5 Å². The van der Waals surface area contributed by atoms with Crippen LogP contribution in [0.5, 0.6) is 0 Å². The van der Waals surface area contributed by atoms with Crippen LogP contribution in [0.4, 0.5) is 10.5 Å². The number of hydrogen-bond donors (Lipinski definition) is 2. The Bertz CT molecular complexity index is 582. The summed E-state index contributed by atoms with van der Waals surface area (Å²) in [7, 11) is 0. The van der Waals surface area contributed by atoms with Crippen LogP contribution in [0.15, 0.2) is 18.3 Å². The van der Waals surface area contributed by atoms with Crippen LogP contribution in [0, 0.1) is 11.3 Å². The molecule has 5 nitrogen and oxygen atoms in total. The highest BCUT2D eigenvalue weighted by molar-refractivity contribution is 5.64. The third kappa shape index (κ3) is 5.36. The molecule has 1 amide bonds. The van der Waals surface area contributed by atoms with Gasteiger partial charge < -0.3 is 15.8 Å². The normalized spacial score (nSPS) is 26.2. The number of hydrogen-bond acceptors (Lipinski definition) is 4. The van der Waals surface area contributed by atoms with E-state index in [1.54, 1.807) is 0 Å². The van der Waals surface area contributed by atoms with Gasteiger partial charge in [-0.05, 0) is 74.8 Å². The summed E-state index contributed by atoms with van der Waals surface area (Å²) < 4.78 is 4.93. The summed E-state index contributed by atoms with van der Waals surface area (Å²) >= 11 is 0. The lowest BCUT2D eigenvalue weighted by Gasteiger charge is -2.34. The number of amides is 1. The minimum Gasteiger partial charge on any atom is -0.449 e. The predicted molar refractivity (Wildman–Crippen MR) is 104 cm³/mol. The second-order valence-electron chi connectivity index (χ2n) is 8.90. The molecule has 0 radical (unpaired) electrons. The van der Waals surface area contributed by atoms with E-state index in [1.807, 2.05) is 6.20 Å². The maximum Gasteiger partial charge on any atom is 0.404 e. The molecule has 0 atom stereocenters. The monoisotopic (exact) mass is 359 g/mol. The average Bonchev–Trinajstić information content (AvgIpc) is 2.62. The molecule has 1 heterocycles. The molecule has 5 heteroatoms. The molecule has 0 aliphatic heterocycles. The Balaban J connectivity index is 1.44. The van der Waals surface area contributed by atoms with E-state index in [9.17, 15) is 4.79 Å². The summed E-state index contributed by atoms with van der Waals surface area (Å²) in [5.74, 6) is 1.06. The van der Waals surface area contributed by atoms with E-state index in [0.717, 1.165) is 31.4 Å². The minimum absolute atomic E-state index is 0.441. The molecule has 3 rings (SSSR count). The Kier molecular flexibility index (Phi) is 6.05. The van der Waals surface area contributed by atoms with Crippen molar-refractivity contribution in [2.45, 2.75) is 77.2 Å². The topological polar surface area (TPSA) is 77.2 Å². The zero-order valence-electron chi connectivity index (χ0n) is 16.2. The van der Waals surface area contributed by atoms with Crippen LogP contribution in [0.25, 0.3) is 0 Å². The number of primary amides is 1. The summed E-state index contributed by atoms with van der Waals surface area (Å²) in [5, 5.41) is 3.61.